The first-order chi connectivity index (χ1) is 14.5. The second-order valence-electron chi connectivity index (χ2n) is 6.32. The van der Waals surface area contributed by atoms with E-state index < -0.39 is 0 Å². The van der Waals surface area contributed by atoms with Gasteiger partial charge in [0.1, 0.15) is 17.3 Å². The summed E-state index contributed by atoms with van der Waals surface area (Å²) in [5.74, 6) is 1.53. The monoisotopic (exact) mass is 457 g/mol. The van der Waals surface area contributed by atoms with Gasteiger partial charge >= 0.3 is 0 Å². The number of nitrogens with one attached hydrogen (secondary N) is 1. The number of benzene rings is 3. The van der Waals surface area contributed by atoms with Crippen molar-refractivity contribution in [3.63, 3.8) is 0 Å². The number of furan rings is 1. The minimum absolute atomic E-state index is 0.155. The Labute approximate surface area is 187 Å². The minimum atomic E-state index is -0.384. The van der Waals surface area contributed by atoms with E-state index in [9.17, 15) is 4.79 Å². The zero-order valence-corrected chi connectivity index (χ0v) is 17.6. The predicted octanol–water partition coefficient (Wildman–Crippen LogP) is 7.95. The lowest BCUT2D eigenvalue weighted by Crippen LogP contribution is -2.10. The molecule has 3 aromatic carbocycles. The minimum Gasteiger partial charge on any atom is -0.457 e. The van der Waals surface area contributed by atoms with Gasteiger partial charge in [-0.05, 0) is 78.9 Å². The van der Waals surface area contributed by atoms with Crippen molar-refractivity contribution in [2.75, 3.05) is 5.32 Å². The fraction of sp³-hybridized carbons (Fsp3) is 0. The van der Waals surface area contributed by atoms with Crippen LogP contribution in [0.5, 0.6) is 11.5 Å². The third-order valence-electron chi connectivity index (χ3n) is 4.19. The van der Waals surface area contributed by atoms with Crippen LogP contribution in [0.15, 0.2) is 83.3 Å². The predicted molar refractivity (Wildman–Crippen MR) is 120 cm³/mol. The molecule has 0 atom stereocenters. The maximum absolute atomic E-state index is 12.5. The van der Waals surface area contributed by atoms with E-state index in [0.29, 0.717) is 43.6 Å². The summed E-state index contributed by atoms with van der Waals surface area (Å²) in [5, 5.41) is 4.43. The highest BCUT2D eigenvalue weighted by Crippen LogP contribution is 2.32. The van der Waals surface area contributed by atoms with E-state index in [4.69, 9.17) is 44.0 Å². The lowest BCUT2D eigenvalue weighted by Gasteiger charge is -2.07. The molecule has 0 saturated carbocycles. The first kappa shape index (κ1) is 20.4. The molecule has 0 aliphatic rings. The van der Waals surface area contributed by atoms with Gasteiger partial charge in [0.05, 0.1) is 5.02 Å². The quantitative estimate of drug-likeness (QED) is 0.330. The van der Waals surface area contributed by atoms with Crippen LogP contribution in [0.3, 0.4) is 0 Å². The topological polar surface area (TPSA) is 51.5 Å². The number of hydrogen-bond acceptors (Lipinski definition) is 3. The summed E-state index contributed by atoms with van der Waals surface area (Å²) in [6.45, 7) is 0. The fourth-order valence-electron chi connectivity index (χ4n) is 2.73. The highest BCUT2D eigenvalue weighted by Gasteiger charge is 2.15. The Morgan fingerprint density at radius 3 is 2.10 bits per heavy atom. The molecule has 30 heavy (non-hydrogen) atoms. The Morgan fingerprint density at radius 1 is 0.767 bits per heavy atom. The van der Waals surface area contributed by atoms with Crippen LogP contribution in [0, 0.1) is 0 Å². The van der Waals surface area contributed by atoms with Crippen LogP contribution in [0.25, 0.3) is 11.3 Å². The number of ether oxygens (including phenoxy) is 1. The van der Waals surface area contributed by atoms with Crippen molar-refractivity contribution in [2.24, 2.45) is 0 Å². The normalized spacial score (nSPS) is 10.6. The van der Waals surface area contributed by atoms with E-state index >= 15 is 0 Å². The van der Waals surface area contributed by atoms with E-state index in [1.807, 2.05) is 0 Å². The summed E-state index contributed by atoms with van der Waals surface area (Å²) in [7, 11) is 0. The number of amides is 1. The van der Waals surface area contributed by atoms with Gasteiger partial charge in [-0.15, -0.1) is 0 Å². The molecule has 1 N–H and O–H groups in total. The number of hydrogen-bond donors (Lipinski definition) is 1. The van der Waals surface area contributed by atoms with Crippen molar-refractivity contribution >= 4 is 46.4 Å². The van der Waals surface area contributed by atoms with Crippen molar-refractivity contribution < 1.29 is 13.9 Å². The average molecular weight is 459 g/mol. The number of rotatable bonds is 5. The van der Waals surface area contributed by atoms with Crippen molar-refractivity contribution in [3.05, 3.63) is 99.7 Å². The molecule has 0 radical (unpaired) electrons. The summed E-state index contributed by atoms with van der Waals surface area (Å²) in [5.41, 5.74) is 1.22. The van der Waals surface area contributed by atoms with Crippen molar-refractivity contribution in [1.82, 2.24) is 0 Å². The van der Waals surface area contributed by atoms with Crippen LogP contribution in [0.1, 0.15) is 10.6 Å². The molecule has 0 bridgehead atoms. The fourth-order valence-corrected chi connectivity index (χ4v) is 3.24. The van der Waals surface area contributed by atoms with E-state index in [1.165, 1.54) is 0 Å². The number of anilines is 1. The Kier molecular flexibility index (Phi) is 6.00. The number of carbonyl (C=O) groups excluding carboxylic acids is 1. The molecule has 0 spiro atoms. The van der Waals surface area contributed by atoms with Gasteiger partial charge in [-0.3, -0.25) is 4.79 Å². The first-order valence-electron chi connectivity index (χ1n) is 8.88. The molecule has 7 heteroatoms. The van der Waals surface area contributed by atoms with E-state index in [0.717, 1.165) is 0 Å². The zero-order valence-electron chi connectivity index (χ0n) is 15.4. The third kappa shape index (κ3) is 4.79. The smallest absolute Gasteiger partial charge is 0.291 e. The van der Waals surface area contributed by atoms with Gasteiger partial charge in [0, 0.05) is 21.3 Å². The molecule has 4 aromatic rings. The van der Waals surface area contributed by atoms with E-state index in [-0.39, 0.29) is 11.7 Å². The van der Waals surface area contributed by atoms with Crippen LogP contribution in [-0.2, 0) is 0 Å². The lowest BCUT2D eigenvalue weighted by molar-refractivity contribution is 0.0997. The molecule has 1 aromatic heterocycles. The van der Waals surface area contributed by atoms with Gasteiger partial charge in [-0.1, -0.05) is 34.8 Å². The molecule has 0 unspecified atom stereocenters. The lowest BCUT2D eigenvalue weighted by atomic mass is 10.2. The van der Waals surface area contributed by atoms with Gasteiger partial charge in [0.15, 0.2) is 5.76 Å². The van der Waals surface area contributed by atoms with Crippen LogP contribution in [0.2, 0.25) is 15.1 Å². The van der Waals surface area contributed by atoms with Crippen molar-refractivity contribution in [2.45, 2.75) is 0 Å². The van der Waals surface area contributed by atoms with E-state index in [1.54, 1.807) is 78.9 Å². The molecule has 4 rings (SSSR count). The van der Waals surface area contributed by atoms with Gasteiger partial charge in [0.2, 0.25) is 0 Å². The summed E-state index contributed by atoms with van der Waals surface area (Å²) in [6.07, 6.45) is 0. The Balaban J connectivity index is 1.43. The van der Waals surface area contributed by atoms with Crippen LogP contribution < -0.4 is 10.1 Å². The first-order valence-corrected chi connectivity index (χ1v) is 10.0. The molecular formula is C23H14Cl3NO3. The van der Waals surface area contributed by atoms with Crippen molar-refractivity contribution in [1.29, 1.82) is 0 Å². The molecule has 0 aliphatic heterocycles. The molecule has 1 amide bonds. The second-order valence-corrected chi connectivity index (χ2v) is 7.60. The zero-order chi connectivity index (χ0) is 21.1. The number of carbonyl (C=O) groups is 1. The summed E-state index contributed by atoms with van der Waals surface area (Å²) < 4.78 is 11.4. The number of halogens is 3. The average Bonchev–Trinajstić information content (AvgIpc) is 3.23. The highest BCUT2D eigenvalue weighted by molar-refractivity contribution is 6.35. The summed E-state index contributed by atoms with van der Waals surface area (Å²) in [6, 6.07) is 22.3. The van der Waals surface area contributed by atoms with Crippen molar-refractivity contribution in [3.8, 4) is 22.8 Å². The summed E-state index contributed by atoms with van der Waals surface area (Å²) in [4.78, 5) is 12.5. The molecule has 150 valence electrons. The van der Waals surface area contributed by atoms with Gasteiger partial charge in [0.25, 0.3) is 5.91 Å². The maximum atomic E-state index is 12.5. The van der Waals surface area contributed by atoms with E-state index in [2.05, 4.69) is 5.32 Å². The Hall–Kier alpha value is -2.92. The van der Waals surface area contributed by atoms with Crippen LogP contribution in [-0.4, -0.2) is 5.91 Å². The molecule has 4 nitrogen and oxygen atoms in total. The van der Waals surface area contributed by atoms with Gasteiger partial charge in [-0.25, -0.2) is 0 Å². The second kappa shape index (κ2) is 8.84. The maximum Gasteiger partial charge on any atom is 0.291 e. The molecule has 0 aliphatic carbocycles. The summed E-state index contributed by atoms with van der Waals surface area (Å²) >= 11 is 18.1. The largest absolute Gasteiger partial charge is 0.457 e. The molecule has 0 fully saturated rings. The van der Waals surface area contributed by atoms with Gasteiger partial charge in [-0.2, -0.15) is 0 Å². The standard InChI is InChI=1S/C23H14Cl3NO3/c24-14-1-6-17(7-2-14)29-18-8-4-16(5-9-18)27-23(28)22-12-11-21(30-22)19-13-15(25)3-10-20(19)26/h1-13H,(H,27,28). The van der Waals surface area contributed by atoms with Crippen LogP contribution in [0.4, 0.5) is 5.69 Å². The van der Waals surface area contributed by atoms with Crippen LogP contribution >= 0.6 is 34.8 Å². The Morgan fingerprint density at radius 2 is 1.40 bits per heavy atom. The SMILES string of the molecule is O=C(Nc1ccc(Oc2ccc(Cl)cc2)cc1)c1ccc(-c2cc(Cl)ccc2Cl)o1. The highest BCUT2D eigenvalue weighted by atomic mass is 35.5. The third-order valence-corrected chi connectivity index (χ3v) is 5.00. The molecule has 0 saturated heterocycles. The molecular weight excluding hydrogens is 445 g/mol. The molecule has 1 heterocycles. The van der Waals surface area contributed by atoms with Gasteiger partial charge < -0.3 is 14.5 Å². The Bertz CT molecular complexity index is 1190.